The summed E-state index contributed by atoms with van der Waals surface area (Å²) >= 11 is 1.91. The Hall–Kier alpha value is -2.95. The topological polar surface area (TPSA) is 117 Å². The lowest BCUT2D eigenvalue weighted by Gasteiger charge is -2.39. The number of nitrogens with zero attached hydrogens (tertiary/aromatic N) is 3. The van der Waals surface area contributed by atoms with Gasteiger partial charge in [0.25, 0.3) is 11.5 Å². The lowest BCUT2D eigenvalue weighted by molar-refractivity contribution is 0.0950. The normalized spacial score (nSPS) is 17.0. The molecular weight excluding hydrogens is 534 g/mol. The van der Waals surface area contributed by atoms with Crippen LogP contribution in [0.5, 0.6) is 0 Å². The molecule has 0 aromatic carbocycles. The van der Waals surface area contributed by atoms with Crippen LogP contribution >= 0.6 is 11.8 Å². The minimum Gasteiger partial charge on any atom is -0.367 e. The number of carbonyl (C=O) groups excluding carboxylic acids is 1. The molecule has 222 valence electrons. The van der Waals surface area contributed by atoms with Crippen LogP contribution in [0.2, 0.25) is 0 Å². The van der Waals surface area contributed by atoms with Crippen molar-refractivity contribution in [2.24, 2.45) is 0 Å². The number of nitrogens with one attached hydrogen (secondary N) is 4. The molecule has 0 spiro atoms. The van der Waals surface area contributed by atoms with Crippen molar-refractivity contribution in [1.82, 2.24) is 25.1 Å². The fraction of sp³-hybridized carbons (Fsp3) is 0.548. The average molecular weight is 580 g/mol. The van der Waals surface area contributed by atoms with E-state index < -0.39 is 0 Å². The van der Waals surface area contributed by atoms with Gasteiger partial charge in [0.15, 0.2) is 0 Å². The SMILES string of the molecule is CSCCN1CCC(N2CC=C(c3cc(C(=O)NCc4c(C)cc(C)[nH]c4=O)c(C=N)c(NC(C)C)n3)CC2)CC1. The van der Waals surface area contributed by atoms with Crippen molar-refractivity contribution in [3.63, 3.8) is 0 Å². The number of H-pyrrole nitrogens is 1. The number of aryl methyl sites for hydroxylation is 2. The zero-order chi connectivity index (χ0) is 29.5. The minimum absolute atomic E-state index is 0.0822. The smallest absolute Gasteiger partial charge is 0.253 e. The van der Waals surface area contributed by atoms with Gasteiger partial charge in [-0.2, -0.15) is 11.8 Å². The molecular formula is C31H45N7O2S. The molecule has 2 aromatic heterocycles. The Morgan fingerprint density at radius 2 is 2.00 bits per heavy atom. The lowest BCUT2D eigenvalue weighted by atomic mass is 9.96. The van der Waals surface area contributed by atoms with Gasteiger partial charge in [-0.1, -0.05) is 6.08 Å². The molecule has 4 heterocycles. The van der Waals surface area contributed by atoms with Crippen LogP contribution in [0.4, 0.5) is 5.82 Å². The van der Waals surface area contributed by atoms with Crippen LogP contribution in [0, 0.1) is 19.3 Å². The molecule has 0 unspecified atom stereocenters. The summed E-state index contributed by atoms with van der Waals surface area (Å²) in [5.74, 6) is 1.40. The van der Waals surface area contributed by atoms with E-state index in [1.54, 1.807) is 6.07 Å². The summed E-state index contributed by atoms with van der Waals surface area (Å²) in [6, 6.07) is 4.40. The Balaban J connectivity index is 1.53. The molecule has 0 aliphatic carbocycles. The van der Waals surface area contributed by atoms with E-state index in [4.69, 9.17) is 10.4 Å². The van der Waals surface area contributed by atoms with E-state index in [-0.39, 0.29) is 24.1 Å². The maximum atomic E-state index is 13.5. The minimum atomic E-state index is -0.329. The van der Waals surface area contributed by atoms with Crippen LogP contribution in [-0.4, -0.2) is 88.7 Å². The zero-order valence-electron chi connectivity index (χ0n) is 25.1. The maximum absolute atomic E-state index is 13.5. The van der Waals surface area contributed by atoms with Crippen molar-refractivity contribution < 1.29 is 4.79 Å². The zero-order valence-corrected chi connectivity index (χ0v) is 25.9. The molecule has 2 aliphatic heterocycles. The first kappa shape index (κ1) is 31.0. The summed E-state index contributed by atoms with van der Waals surface area (Å²) < 4.78 is 0. The summed E-state index contributed by atoms with van der Waals surface area (Å²) in [6.45, 7) is 13.2. The predicted molar refractivity (Wildman–Crippen MR) is 171 cm³/mol. The fourth-order valence-electron chi connectivity index (χ4n) is 5.78. The third-order valence-corrected chi connectivity index (χ3v) is 8.64. The predicted octanol–water partition coefficient (Wildman–Crippen LogP) is 4.05. The number of likely N-dealkylation sites (tertiary alicyclic amines) is 1. The highest BCUT2D eigenvalue weighted by molar-refractivity contribution is 7.98. The number of rotatable bonds is 11. The number of piperidine rings is 1. The number of anilines is 1. The number of hydrogen-bond acceptors (Lipinski definition) is 8. The van der Waals surface area contributed by atoms with Crippen LogP contribution in [0.25, 0.3) is 5.57 Å². The first-order valence-electron chi connectivity index (χ1n) is 14.6. The number of aromatic nitrogens is 2. The molecule has 0 radical (unpaired) electrons. The van der Waals surface area contributed by atoms with Crippen LogP contribution in [0.3, 0.4) is 0 Å². The number of thioether (sulfide) groups is 1. The quantitative estimate of drug-likeness (QED) is 0.297. The summed E-state index contributed by atoms with van der Waals surface area (Å²) in [4.78, 5) is 38.9. The van der Waals surface area contributed by atoms with Crippen LogP contribution < -0.4 is 16.2 Å². The van der Waals surface area contributed by atoms with Gasteiger partial charge in [-0.15, -0.1) is 0 Å². The van der Waals surface area contributed by atoms with Crippen LogP contribution in [-0.2, 0) is 6.54 Å². The van der Waals surface area contributed by atoms with Crippen molar-refractivity contribution in [1.29, 1.82) is 5.41 Å². The van der Waals surface area contributed by atoms with Crippen molar-refractivity contribution in [3.8, 4) is 0 Å². The highest BCUT2D eigenvalue weighted by atomic mass is 32.2. The Labute approximate surface area is 248 Å². The molecule has 1 amide bonds. The van der Waals surface area contributed by atoms with Gasteiger partial charge in [-0.3, -0.25) is 14.5 Å². The van der Waals surface area contributed by atoms with Gasteiger partial charge in [-0.05, 0) is 89.6 Å². The molecule has 4 N–H and O–H groups in total. The van der Waals surface area contributed by atoms with E-state index >= 15 is 0 Å². The molecule has 4 rings (SSSR count). The second-order valence-electron chi connectivity index (χ2n) is 11.4. The van der Waals surface area contributed by atoms with Gasteiger partial charge >= 0.3 is 0 Å². The van der Waals surface area contributed by atoms with Crippen molar-refractivity contribution >= 4 is 35.3 Å². The molecule has 0 atom stereocenters. The van der Waals surface area contributed by atoms with Crippen molar-refractivity contribution in [2.45, 2.75) is 65.6 Å². The standard InChI is InChI=1S/C31H45N7O2S/c1-20(2)34-29-26(18-32)25(30(39)33-19-27-21(3)16-22(4)35-31(27)40)17-28(36-29)23-6-12-38(13-7-23)24-8-10-37(11-9-24)14-15-41-5/h6,16-18,20,24,32H,7-15,19H2,1-5H3,(H,33,39)(H,34,36)(H,35,40). The highest BCUT2D eigenvalue weighted by Gasteiger charge is 2.27. The number of carbonyl (C=O) groups is 1. The lowest BCUT2D eigenvalue weighted by Crippen LogP contribution is -2.46. The van der Waals surface area contributed by atoms with Gasteiger partial charge in [0.1, 0.15) is 5.82 Å². The van der Waals surface area contributed by atoms with E-state index in [0.717, 1.165) is 42.0 Å². The van der Waals surface area contributed by atoms with Gasteiger partial charge in [0.05, 0.1) is 11.3 Å². The van der Waals surface area contributed by atoms with E-state index in [1.807, 2.05) is 45.5 Å². The summed E-state index contributed by atoms with van der Waals surface area (Å²) in [5, 5.41) is 14.3. The fourth-order valence-corrected chi connectivity index (χ4v) is 6.22. The molecule has 0 saturated carbocycles. The van der Waals surface area contributed by atoms with Crippen molar-refractivity contribution in [3.05, 3.63) is 62.2 Å². The second-order valence-corrected chi connectivity index (χ2v) is 12.4. The van der Waals surface area contributed by atoms with Crippen LogP contribution in [0.15, 0.2) is 23.0 Å². The number of pyridine rings is 2. The van der Waals surface area contributed by atoms with Crippen LogP contribution in [0.1, 0.15) is 71.5 Å². The molecule has 2 aromatic rings. The summed E-state index contributed by atoms with van der Waals surface area (Å²) in [7, 11) is 0. The largest absolute Gasteiger partial charge is 0.367 e. The average Bonchev–Trinajstić information content (AvgIpc) is 2.95. The Kier molecular flexibility index (Phi) is 10.8. The molecule has 10 heteroatoms. The number of amides is 1. The number of hydrogen-bond donors (Lipinski definition) is 4. The molecule has 2 aliphatic rings. The van der Waals surface area contributed by atoms with E-state index in [0.29, 0.717) is 28.6 Å². The maximum Gasteiger partial charge on any atom is 0.253 e. The second kappa shape index (κ2) is 14.3. The Morgan fingerprint density at radius 1 is 1.24 bits per heavy atom. The number of aromatic amines is 1. The molecule has 1 saturated heterocycles. The van der Waals surface area contributed by atoms with E-state index in [1.165, 1.54) is 44.4 Å². The Morgan fingerprint density at radius 3 is 2.61 bits per heavy atom. The third-order valence-electron chi connectivity index (χ3n) is 8.05. The summed E-state index contributed by atoms with van der Waals surface area (Å²) in [5.41, 5.74) is 4.67. The highest BCUT2D eigenvalue weighted by Crippen LogP contribution is 2.29. The van der Waals surface area contributed by atoms with Gasteiger partial charge in [-0.25, -0.2) is 4.98 Å². The van der Waals surface area contributed by atoms with E-state index in [2.05, 4.69) is 37.7 Å². The third kappa shape index (κ3) is 7.87. The molecule has 1 fully saturated rings. The van der Waals surface area contributed by atoms with Crippen molar-refractivity contribution in [2.75, 3.05) is 50.0 Å². The molecule has 9 nitrogen and oxygen atoms in total. The van der Waals surface area contributed by atoms with Gasteiger partial charge in [0.2, 0.25) is 0 Å². The monoisotopic (exact) mass is 579 g/mol. The summed E-state index contributed by atoms with van der Waals surface area (Å²) in [6.07, 6.45) is 8.89. The molecule has 41 heavy (non-hydrogen) atoms. The van der Waals surface area contributed by atoms with Gasteiger partial charge < -0.3 is 25.9 Å². The Bertz CT molecular complexity index is 1330. The first-order valence-corrected chi connectivity index (χ1v) is 16.0. The van der Waals surface area contributed by atoms with Gasteiger partial charge in [0, 0.05) is 67.1 Å². The first-order chi connectivity index (χ1) is 19.7. The molecule has 0 bridgehead atoms. The van der Waals surface area contributed by atoms with E-state index in [9.17, 15) is 9.59 Å².